The van der Waals surface area contributed by atoms with Gasteiger partial charge < -0.3 is 15.7 Å². The number of carbonyl (C=O) groups excluding carboxylic acids is 2. The van der Waals surface area contributed by atoms with Gasteiger partial charge in [-0.15, -0.1) is 11.8 Å². The number of carboxylic acids is 1. The van der Waals surface area contributed by atoms with Gasteiger partial charge in [-0.2, -0.15) is 0 Å². The third-order valence-electron chi connectivity index (χ3n) is 4.92. The van der Waals surface area contributed by atoms with Crippen molar-refractivity contribution in [1.29, 1.82) is 0 Å². The number of carboxylic acid groups (broad SMARTS) is 1. The molecule has 0 aliphatic carbocycles. The molecule has 1 atom stereocenters. The standard InChI is InChI=1S/C27H26N2O4S/c1-18(2)19-11-13-21(14-12-19)29-27(33)26(20-7-4-3-5-8-20)34-23-10-6-9-22(17-23)28-24(30)15-16-25(31)32/h3-18,26H,1-2H3,(H,28,30)(H,29,33)(H,31,32)/b16-15+. The Morgan fingerprint density at radius 1 is 0.794 bits per heavy atom. The first-order valence-electron chi connectivity index (χ1n) is 10.8. The van der Waals surface area contributed by atoms with Gasteiger partial charge in [0.15, 0.2) is 0 Å². The molecule has 3 aromatic carbocycles. The van der Waals surface area contributed by atoms with Crippen LogP contribution >= 0.6 is 11.8 Å². The number of thioether (sulfide) groups is 1. The lowest BCUT2D eigenvalue weighted by atomic mass is 10.0. The molecule has 3 N–H and O–H groups in total. The molecule has 0 aliphatic rings. The van der Waals surface area contributed by atoms with E-state index in [1.807, 2.05) is 60.7 Å². The highest BCUT2D eigenvalue weighted by molar-refractivity contribution is 8.00. The number of anilines is 2. The first kappa shape index (κ1) is 24.8. The summed E-state index contributed by atoms with van der Waals surface area (Å²) in [6.07, 6.45) is 1.73. The molecule has 1 unspecified atom stereocenters. The van der Waals surface area contributed by atoms with E-state index < -0.39 is 17.1 Å². The van der Waals surface area contributed by atoms with E-state index in [2.05, 4.69) is 24.5 Å². The van der Waals surface area contributed by atoms with Crippen LogP contribution in [0.25, 0.3) is 0 Å². The molecule has 7 heteroatoms. The maximum absolute atomic E-state index is 13.3. The minimum atomic E-state index is -1.20. The molecule has 0 saturated heterocycles. The van der Waals surface area contributed by atoms with Crippen molar-refractivity contribution in [2.45, 2.75) is 29.9 Å². The van der Waals surface area contributed by atoms with E-state index in [0.717, 1.165) is 28.3 Å². The summed E-state index contributed by atoms with van der Waals surface area (Å²) in [4.78, 5) is 36.6. The summed E-state index contributed by atoms with van der Waals surface area (Å²) < 4.78 is 0. The highest BCUT2D eigenvalue weighted by Crippen LogP contribution is 2.37. The maximum atomic E-state index is 13.3. The van der Waals surface area contributed by atoms with Crippen molar-refractivity contribution in [1.82, 2.24) is 0 Å². The Kier molecular flexibility index (Phi) is 8.65. The number of nitrogens with one attached hydrogen (secondary N) is 2. The van der Waals surface area contributed by atoms with E-state index in [0.29, 0.717) is 11.6 Å². The largest absolute Gasteiger partial charge is 0.478 e. The molecule has 6 nitrogen and oxygen atoms in total. The topological polar surface area (TPSA) is 95.5 Å². The highest BCUT2D eigenvalue weighted by Gasteiger charge is 2.22. The molecule has 2 amide bonds. The van der Waals surface area contributed by atoms with Crippen LogP contribution in [0.5, 0.6) is 0 Å². The van der Waals surface area contributed by atoms with E-state index in [9.17, 15) is 14.4 Å². The Morgan fingerprint density at radius 3 is 2.15 bits per heavy atom. The summed E-state index contributed by atoms with van der Waals surface area (Å²) in [5.74, 6) is -1.50. The lowest BCUT2D eigenvalue weighted by molar-refractivity contribution is -0.131. The van der Waals surface area contributed by atoms with Crippen LogP contribution in [0.15, 0.2) is 95.9 Å². The molecule has 3 rings (SSSR count). The van der Waals surface area contributed by atoms with Crippen molar-refractivity contribution in [3.63, 3.8) is 0 Å². The number of benzene rings is 3. The second-order valence-electron chi connectivity index (χ2n) is 7.86. The van der Waals surface area contributed by atoms with Crippen molar-refractivity contribution < 1.29 is 19.5 Å². The SMILES string of the molecule is CC(C)c1ccc(NC(=O)C(Sc2cccc(NC(=O)/C=C/C(=O)O)c2)c2ccccc2)cc1. The first-order valence-corrected chi connectivity index (χ1v) is 11.6. The van der Waals surface area contributed by atoms with E-state index in [1.165, 1.54) is 17.3 Å². The predicted octanol–water partition coefficient (Wildman–Crippen LogP) is 5.86. The van der Waals surface area contributed by atoms with Gasteiger partial charge in [-0.05, 0) is 47.4 Å². The molecule has 0 heterocycles. The van der Waals surface area contributed by atoms with Gasteiger partial charge in [-0.1, -0.05) is 62.4 Å². The van der Waals surface area contributed by atoms with E-state index in [4.69, 9.17) is 5.11 Å². The quantitative estimate of drug-likeness (QED) is 0.267. The fraction of sp³-hybridized carbons (Fsp3) is 0.148. The van der Waals surface area contributed by atoms with Gasteiger partial charge in [0, 0.05) is 28.4 Å². The zero-order chi connectivity index (χ0) is 24.5. The second-order valence-corrected chi connectivity index (χ2v) is 9.04. The molecule has 34 heavy (non-hydrogen) atoms. The van der Waals surface area contributed by atoms with Crippen LogP contribution in [0.1, 0.15) is 36.1 Å². The third-order valence-corrected chi connectivity index (χ3v) is 6.17. The molecule has 174 valence electrons. The molecule has 0 saturated carbocycles. The molecule has 0 radical (unpaired) electrons. The molecule has 3 aromatic rings. The van der Waals surface area contributed by atoms with Crippen LogP contribution in [-0.2, 0) is 14.4 Å². The average molecular weight is 475 g/mol. The molecule has 0 aromatic heterocycles. The predicted molar refractivity (Wildman–Crippen MR) is 136 cm³/mol. The number of hydrogen-bond acceptors (Lipinski definition) is 4. The summed E-state index contributed by atoms with van der Waals surface area (Å²) in [6, 6.07) is 24.4. The fourth-order valence-electron chi connectivity index (χ4n) is 3.17. The Balaban J connectivity index is 1.78. The Hall–Kier alpha value is -3.84. The third kappa shape index (κ3) is 7.35. The molecular formula is C27H26N2O4S. The van der Waals surface area contributed by atoms with Crippen LogP contribution in [0, 0.1) is 0 Å². The summed E-state index contributed by atoms with van der Waals surface area (Å²) in [5.41, 5.74) is 3.27. The van der Waals surface area contributed by atoms with Crippen LogP contribution < -0.4 is 10.6 Å². The monoisotopic (exact) mass is 474 g/mol. The van der Waals surface area contributed by atoms with Gasteiger partial charge >= 0.3 is 5.97 Å². The Labute approximate surface area is 203 Å². The number of hydrogen-bond donors (Lipinski definition) is 3. The normalized spacial score (nSPS) is 11.9. The minimum Gasteiger partial charge on any atom is -0.478 e. The average Bonchev–Trinajstić information content (AvgIpc) is 2.82. The number of rotatable bonds is 9. The molecular weight excluding hydrogens is 448 g/mol. The van der Waals surface area contributed by atoms with E-state index in [-0.39, 0.29) is 5.91 Å². The van der Waals surface area contributed by atoms with E-state index >= 15 is 0 Å². The smallest absolute Gasteiger partial charge is 0.328 e. The molecule has 0 aliphatic heterocycles. The van der Waals surface area contributed by atoms with Gasteiger partial charge in [0.1, 0.15) is 5.25 Å². The lowest BCUT2D eigenvalue weighted by Gasteiger charge is -2.18. The Morgan fingerprint density at radius 2 is 1.50 bits per heavy atom. The number of aliphatic carboxylic acids is 1. The van der Waals surface area contributed by atoms with Gasteiger partial charge in [-0.3, -0.25) is 9.59 Å². The highest BCUT2D eigenvalue weighted by atomic mass is 32.2. The molecule has 0 spiro atoms. The zero-order valence-electron chi connectivity index (χ0n) is 18.9. The number of carbonyl (C=O) groups is 3. The Bertz CT molecular complexity index is 1170. The summed E-state index contributed by atoms with van der Waals surface area (Å²) >= 11 is 1.36. The van der Waals surface area contributed by atoms with Gasteiger partial charge in [-0.25, -0.2) is 4.79 Å². The first-order chi connectivity index (χ1) is 16.3. The van der Waals surface area contributed by atoms with Crippen LogP contribution in [-0.4, -0.2) is 22.9 Å². The molecule has 0 fully saturated rings. The van der Waals surface area contributed by atoms with Gasteiger partial charge in [0.2, 0.25) is 11.8 Å². The van der Waals surface area contributed by atoms with Crippen molar-refractivity contribution in [3.05, 3.63) is 102 Å². The summed E-state index contributed by atoms with van der Waals surface area (Å²) in [5, 5.41) is 13.8. The lowest BCUT2D eigenvalue weighted by Crippen LogP contribution is -2.19. The van der Waals surface area contributed by atoms with Crippen LogP contribution in [0.2, 0.25) is 0 Å². The zero-order valence-corrected chi connectivity index (χ0v) is 19.7. The summed E-state index contributed by atoms with van der Waals surface area (Å²) in [6.45, 7) is 4.24. The summed E-state index contributed by atoms with van der Waals surface area (Å²) in [7, 11) is 0. The molecule has 0 bridgehead atoms. The van der Waals surface area contributed by atoms with Crippen molar-refractivity contribution >= 4 is 40.9 Å². The maximum Gasteiger partial charge on any atom is 0.328 e. The van der Waals surface area contributed by atoms with Crippen LogP contribution in [0.4, 0.5) is 11.4 Å². The van der Waals surface area contributed by atoms with E-state index in [1.54, 1.807) is 18.2 Å². The number of amides is 2. The van der Waals surface area contributed by atoms with Crippen LogP contribution in [0.3, 0.4) is 0 Å². The minimum absolute atomic E-state index is 0.160. The van der Waals surface area contributed by atoms with Crippen molar-refractivity contribution in [3.8, 4) is 0 Å². The van der Waals surface area contributed by atoms with Gasteiger partial charge in [0.05, 0.1) is 0 Å². The van der Waals surface area contributed by atoms with Crippen molar-refractivity contribution in [2.24, 2.45) is 0 Å². The van der Waals surface area contributed by atoms with Gasteiger partial charge in [0.25, 0.3) is 0 Å². The fourth-order valence-corrected chi connectivity index (χ4v) is 4.26. The second kappa shape index (κ2) is 11.9. The van der Waals surface area contributed by atoms with Crippen molar-refractivity contribution in [2.75, 3.05) is 10.6 Å².